The number of ether oxygens (including phenoxy) is 1. The number of aliphatic carboxylic acids is 1. The third kappa shape index (κ3) is 2.94. The SMILES string of the molecule is COc1nc(CC(C)C(=O)O)ccc1C. The maximum absolute atomic E-state index is 10.7. The van der Waals surface area contributed by atoms with Crippen molar-refractivity contribution < 1.29 is 14.6 Å². The number of carbonyl (C=O) groups is 1. The highest BCUT2D eigenvalue weighted by atomic mass is 16.5. The summed E-state index contributed by atoms with van der Waals surface area (Å²) in [5.74, 6) is -0.675. The van der Waals surface area contributed by atoms with Crippen molar-refractivity contribution in [3.05, 3.63) is 23.4 Å². The third-order valence-electron chi connectivity index (χ3n) is 2.24. The van der Waals surface area contributed by atoms with E-state index >= 15 is 0 Å². The molecule has 82 valence electrons. The van der Waals surface area contributed by atoms with E-state index in [0.29, 0.717) is 12.3 Å². The van der Waals surface area contributed by atoms with Crippen LogP contribution in [0.15, 0.2) is 12.1 Å². The van der Waals surface area contributed by atoms with Crippen molar-refractivity contribution in [2.45, 2.75) is 20.3 Å². The highest BCUT2D eigenvalue weighted by molar-refractivity contribution is 5.69. The van der Waals surface area contributed by atoms with Crippen molar-refractivity contribution in [2.75, 3.05) is 7.11 Å². The number of pyridine rings is 1. The van der Waals surface area contributed by atoms with Crippen molar-refractivity contribution in [3.8, 4) is 5.88 Å². The molecule has 0 aliphatic carbocycles. The zero-order valence-electron chi connectivity index (χ0n) is 9.15. The number of carboxylic acid groups (broad SMARTS) is 1. The molecular formula is C11H15NO3. The molecule has 0 amide bonds. The highest BCUT2D eigenvalue weighted by Gasteiger charge is 2.13. The van der Waals surface area contributed by atoms with E-state index < -0.39 is 11.9 Å². The van der Waals surface area contributed by atoms with Crippen LogP contribution in [0.3, 0.4) is 0 Å². The number of nitrogens with zero attached hydrogens (tertiary/aromatic N) is 1. The number of methoxy groups -OCH3 is 1. The minimum Gasteiger partial charge on any atom is -0.481 e. The van der Waals surface area contributed by atoms with Gasteiger partial charge in [-0.2, -0.15) is 0 Å². The van der Waals surface area contributed by atoms with Crippen LogP contribution in [0.25, 0.3) is 0 Å². The zero-order valence-corrected chi connectivity index (χ0v) is 9.15. The van der Waals surface area contributed by atoms with Gasteiger partial charge in [-0.25, -0.2) is 4.98 Å². The van der Waals surface area contributed by atoms with E-state index in [4.69, 9.17) is 9.84 Å². The summed E-state index contributed by atoms with van der Waals surface area (Å²) >= 11 is 0. The van der Waals surface area contributed by atoms with Crippen molar-refractivity contribution in [3.63, 3.8) is 0 Å². The standard InChI is InChI=1S/C11H15NO3/c1-7-4-5-9(12-10(7)15-3)6-8(2)11(13)14/h4-5,8H,6H2,1-3H3,(H,13,14). The first-order chi connectivity index (χ1) is 7.04. The van der Waals surface area contributed by atoms with Crippen LogP contribution in [-0.4, -0.2) is 23.2 Å². The van der Waals surface area contributed by atoms with Gasteiger partial charge in [0.25, 0.3) is 0 Å². The van der Waals surface area contributed by atoms with E-state index in [2.05, 4.69) is 4.98 Å². The largest absolute Gasteiger partial charge is 0.481 e. The minimum absolute atomic E-state index is 0.423. The summed E-state index contributed by atoms with van der Waals surface area (Å²) in [4.78, 5) is 14.9. The average Bonchev–Trinajstić information content (AvgIpc) is 2.20. The highest BCUT2D eigenvalue weighted by Crippen LogP contribution is 2.16. The molecule has 0 fully saturated rings. The normalized spacial score (nSPS) is 12.2. The lowest BCUT2D eigenvalue weighted by Crippen LogP contribution is -2.13. The van der Waals surface area contributed by atoms with E-state index in [0.717, 1.165) is 11.3 Å². The molecule has 0 spiro atoms. The first kappa shape index (κ1) is 11.5. The summed E-state index contributed by atoms with van der Waals surface area (Å²) in [5.41, 5.74) is 1.69. The number of carboxylic acids is 1. The van der Waals surface area contributed by atoms with Crippen LogP contribution < -0.4 is 4.74 Å². The van der Waals surface area contributed by atoms with Crippen LogP contribution in [-0.2, 0) is 11.2 Å². The zero-order chi connectivity index (χ0) is 11.4. The second-order valence-corrected chi connectivity index (χ2v) is 3.57. The molecule has 0 bridgehead atoms. The Kier molecular flexibility index (Phi) is 3.66. The fourth-order valence-corrected chi connectivity index (χ4v) is 1.27. The van der Waals surface area contributed by atoms with E-state index in [1.807, 2.05) is 19.1 Å². The number of aromatic nitrogens is 1. The molecule has 4 heteroatoms. The maximum atomic E-state index is 10.7. The van der Waals surface area contributed by atoms with Crippen LogP contribution in [0.5, 0.6) is 5.88 Å². The molecule has 1 rings (SSSR count). The van der Waals surface area contributed by atoms with Gasteiger partial charge in [-0.15, -0.1) is 0 Å². The molecule has 0 saturated carbocycles. The average molecular weight is 209 g/mol. The van der Waals surface area contributed by atoms with Gasteiger partial charge in [0.05, 0.1) is 13.0 Å². The van der Waals surface area contributed by atoms with Crippen LogP contribution in [0.4, 0.5) is 0 Å². The van der Waals surface area contributed by atoms with Crippen LogP contribution >= 0.6 is 0 Å². The summed E-state index contributed by atoms with van der Waals surface area (Å²) in [7, 11) is 1.56. The quantitative estimate of drug-likeness (QED) is 0.819. The molecule has 4 nitrogen and oxygen atoms in total. The molecular weight excluding hydrogens is 194 g/mol. The monoisotopic (exact) mass is 209 g/mol. The first-order valence-corrected chi connectivity index (χ1v) is 4.78. The van der Waals surface area contributed by atoms with Gasteiger partial charge in [0.2, 0.25) is 5.88 Å². The molecule has 0 radical (unpaired) electrons. The van der Waals surface area contributed by atoms with E-state index in [-0.39, 0.29) is 0 Å². The van der Waals surface area contributed by atoms with E-state index in [1.165, 1.54) is 0 Å². The van der Waals surface area contributed by atoms with Crippen molar-refractivity contribution >= 4 is 5.97 Å². The summed E-state index contributed by atoms with van der Waals surface area (Å²) in [6, 6.07) is 3.72. The second kappa shape index (κ2) is 4.77. The van der Waals surface area contributed by atoms with Gasteiger partial charge < -0.3 is 9.84 Å². The number of rotatable bonds is 4. The van der Waals surface area contributed by atoms with E-state index in [9.17, 15) is 4.79 Å². The van der Waals surface area contributed by atoms with Gasteiger partial charge in [0.1, 0.15) is 0 Å². The Labute approximate surface area is 88.9 Å². The fraction of sp³-hybridized carbons (Fsp3) is 0.455. The minimum atomic E-state index is -0.809. The first-order valence-electron chi connectivity index (χ1n) is 4.78. The van der Waals surface area contributed by atoms with Gasteiger partial charge in [-0.1, -0.05) is 13.0 Å². The molecule has 1 heterocycles. The Hall–Kier alpha value is -1.58. The molecule has 0 aromatic carbocycles. The number of aryl methyl sites for hydroxylation is 1. The summed E-state index contributed by atoms with van der Waals surface area (Å²) in [6.45, 7) is 3.56. The van der Waals surface area contributed by atoms with Crippen molar-refractivity contribution in [1.29, 1.82) is 0 Å². The Morgan fingerprint density at radius 3 is 2.80 bits per heavy atom. The smallest absolute Gasteiger partial charge is 0.306 e. The third-order valence-corrected chi connectivity index (χ3v) is 2.24. The lowest BCUT2D eigenvalue weighted by molar-refractivity contribution is -0.141. The predicted octanol–water partition coefficient (Wildman–Crippen LogP) is 1.66. The molecule has 1 aromatic heterocycles. The van der Waals surface area contributed by atoms with Crippen LogP contribution in [0.1, 0.15) is 18.2 Å². The fourth-order valence-electron chi connectivity index (χ4n) is 1.27. The lowest BCUT2D eigenvalue weighted by Gasteiger charge is -2.08. The Bertz CT molecular complexity index is 363. The summed E-state index contributed by atoms with van der Waals surface area (Å²) in [5, 5.41) is 8.77. The number of hydrogen-bond acceptors (Lipinski definition) is 3. The number of hydrogen-bond donors (Lipinski definition) is 1. The lowest BCUT2D eigenvalue weighted by atomic mass is 10.1. The molecule has 0 saturated heterocycles. The van der Waals surface area contributed by atoms with Gasteiger partial charge in [0, 0.05) is 17.7 Å². The molecule has 0 aliphatic rings. The topological polar surface area (TPSA) is 59.4 Å². The van der Waals surface area contributed by atoms with Crippen molar-refractivity contribution in [2.24, 2.45) is 5.92 Å². The predicted molar refractivity (Wildman–Crippen MR) is 56.0 cm³/mol. The van der Waals surface area contributed by atoms with Crippen LogP contribution in [0, 0.1) is 12.8 Å². The maximum Gasteiger partial charge on any atom is 0.306 e. The summed E-state index contributed by atoms with van der Waals surface area (Å²) < 4.78 is 5.07. The molecule has 1 atom stereocenters. The van der Waals surface area contributed by atoms with E-state index in [1.54, 1.807) is 14.0 Å². The molecule has 15 heavy (non-hydrogen) atoms. The molecule has 1 N–H and O–H groups in total. The van der Waals surface area contributed by atoms with Crippen LogP contribution in [0.2, 0.25) is 0 Å². The van der Waals surface area contributed by atoms with Gasteiger partial charge in [-0.3, -0.25) is 4.79 Å². The molecule has 1 unspecified atom stereocenters. The molecule has 0 aliphatic heterocycles. The van der Waals surface area contributed by atoms with Gasteiger partial charge in [-0.05, 0) is 13.0 Å². The Balaban J connectivity index is 2.83. The Morgan fingerprint density at radius 2 is 2.27 bits per heavy atom. The van der Waals surface area contributed by atoms with Gasteiger partial charge in [0.15, 0.2) is 0 Å². The Morgan fingerprint density at radius 1 is 1.60 bits per heavy atom. The van der Waals surface area contributed by atoms with Crippen molar-refractivity contribution in [1.82, 2.24) is 4.98 Å². The summed E-state index contributed by atoms with van der Waals surface area (Å²) in [6.07, 6.45) is 0.423. The molecule has 1 aromatic rings. The van der Waals surface area contributed by atoms with Gasteiger partial charge >= 0.3 is 5.97 Å². The second-order valence-electron chi connectivity index (χ2n) is 3.57.